The molecule has 0 aliphatic rings. The molecule has 0 saturated heterocycles. The van der Waals surface area contributed by atoms with Gasteiger partial charge in [0.2, 0.25) is 0 Å². The maximum atomic E-state index is 13.6. The Hall–Kier alpha value is -1.98. The van der Waals surface area contributed by atoms with Crippen LogP contribution in [0.5, 0.6) is 0 Å². The van der Waals surface area contributed by atoms with Crippen molar-refractivity contribution in [3.63, 3.8) is 0 Å². The van der Waals surface area contributed by atoms with Crippen LogP contribution in [0.2, 0.25) is 5.02 Å². The molecular formula is C15H14ClFN4. The summed E-state index contributed by atoms with van der Waals surface area (Å²) in [6.45, 7) is 1.06. The summed E-state index contributed by atoms with van der Waals surface area (Å²) in [5, 5.41) is 11.9. The standard InChI is InChI=1S/C15H14ClFN4/c16-12-4-3-5-13(17)11(12)10-18-8-7-15-20-19-14-6-1-2-9-21(14)15/h1-6,9,18H,7-8,10H2. The summed E-state index contributed by atoms with van der Waals surface area (Å²) in [7, 11) is 0. The van der Waals surface area contributed by atoms with E-state index in [9.17, 15) is 4.39 Å². The maximum Gasteiger partial charge on any atom is 0.160 e. The first-order valence-electron chi connectivity index (χ1n) is 6.68. The van der Waals surface area contributed by atoms with E-state index < -0.39 is 0 Å². The van der Waals surface area contributed by atoms with Gasteiger partial charge in [0.25, 0.3) is 0 Å². The topological polar surface area (TPSA) is 42.2 Å². The van der Waals surface area contributed by atoms with Gasteiger partial charge in [0, 0.05) is 36.3 Å². The molecule has 6 heteroatoms. The van der Waals surface area contributed by atoms with E-state index in [0.29, 0.717) is 30.1 Å². The molecule has 1 aromatic carbocycles. The molecule has 108 valence electrons. The number of nitrogens with one attached hydrogen (secondary N) is 1. The van der Waals surface area contributed by atoms with Crippen molar-refractivity contribution in [2.75, 3.05) is 6.54 Å². The van der Waals surface area contributed by atoms with Gasteiger partial charge in [0.15, 0.2) is 5.65 Å². The molecule has 2 heterocycles. The number of benzene rings is 1. The summed E-state index contributed by atoms with van der Waals surface area (Å²) in [5.74, 6) is 0.584. The molecule has 0 aliphatic heterocycles. The van der Waals surface area contributed by atoms with Gasteiger partial charge >= 0.3 is 0 Å². The van der Waals surface area contributed by atoms with E-state index in [1.807, 2.05) is 28.8 Å². The number of aromatic nitrogens is 3. The number of rotatable bonds is 5. The summed E-state index contributed by atoms with van der Waals surface area (Å²) < 4.78 is 15.6. The van der Waals surface area contributed by atoms with Gasteiger partial charge in [-0.15, -0.1) is 10.2 Å². The van der Waals surface area contributed by atoms with Crippen molar-refractivity contribution >= 4 is 17.2 Å². The fraction of sp³-hybridized carbons (Fsp3) is 0.200. The lowest BCUT2D eigenvalue weighted by atomic mass is 10.2. The number of nitrogens with zero attached hydrogens (tertiary/aromatic N) is 3. The average molecular weight is 305 g/mol. The third-order valence-corrected chi connectivity index (χ3v) is 3.63. The van der Waals surface area contributed by atoms with Gasteiger partial charge in [-0.05, 0) is 24.3 Å². The largest absolute Gasteiger partial charge is 0.312 e. The van der Waals surface area contributed by atoms with Crippen molar-refractivity contribution in [2.45, 2.75) is 13.0 Å². The average Bonchev–Trinajstić information content (AvgIpc) is 2.89. The molecule has 3 aromatic rings. The van der Waals surface area contributed by atoms with E-state index in [0.717, 1.165) is 11.5 Å². The number of hydrogen-bond donors (Lipinski definition) is 1. The monoisotopic (exact) mass is 304 g/mol. The first kappa shape index (κ1) is 14.0. The van der Waals surface area contributed by atoms with Crippen LogP contribution in [0.15, 0.2) is 42.6 Å². The predicted octanol–water partition coefficient (Wildman–Crippen LogP) is 2.85. The summed E-state index contributed by atoms with van der Waals surface area (Å²) in [6.07, 6.45) is 2.63. The normalized spacial score (nSPS) is 11.1. The van der Waals surface area contributed by atoms with E-state index >= 15 is 0 Å². The predicted molar refractivity (Wildman–Crippen MR) is 79.8 cm³/mol. The van der Waals surface area contributed by atoms with E-state index in [2.05, 4.69) is 15.5 Å². The second kappa shape index (κ2) is 6.20. The third-order valence-electron chi connectivity index (χ3n) is 3.27. The molecule has 0 radical (unpaired) electrons. The summed E-state index contributed by atoms with van der Waals surface area (Å²) >= 11 is 5.98. The van der Waals surface area contributed by atoms with E-state index in [-0.39, 0.29) is 5.82 Å². The SMILES string of the molecule is Fc1cccc(Cl)c1CNCCc1nnc2ccccn12. The molecule has 3 rings (SSSR count). The molecule has 0 bridgehead atoms. The third kappa shape index (κ3) is 3.04. The van der Waals surface area contributed by atoms with Crippen molar-refractivity contribution in [1.29, 1.82) is 0 Å². The Kier molecular flexibility index (Phi) is 4.13. The van der Waals surface area contributed by atoms with Gasteiger partial charge in [0.1, 0.15) is 11.6 Å². The van der Waals surface area contributed by atoms with Crippen LogP contribution in [0.1, 0.15) is 11.4 Å². The van der Waals surface area contributed by atoms with Crippen LogP contribution >= 0.6 is 11.6 Å². The molecule has 1 N–H and O–H groups in total. The number of hydrogen-bond acceptors (Lipinski definition) is 3. The molecule has 0 unspecified atom stereocenters. The van der Waals surface area contributed by atoms with E-state index in [1.54, 1.807) is 12.1 Å². The molecule has 0 saturated carbocycles. The lowest BCUT2D eigenvalue weighted by molar-refractivity contribution is 0.586. The quantitative estimate of drug-likeness (QED) is 0.737. The van der Waals surface area contributed by atoms with Crippen molar-refractivity contribution in [1.82, 2.24) is 19.9 Å². The van der Waals surface area contributed by atoms with Crippen LogP contribution < -0.4 is 5.32 Å². The molecular weight excluding hydrogens is 291 g/mol. The first-order chi connectivity index (χ1) is 10.3. The number of halogens is 2. The number of pyridine rings is 1. The lowest BCUT2D eigenvalue weighted by Crippen LogP contribution is -2.18. The smallest absolute Gasteiger partial charge is 0.160 e. The van der Waals surface area contributed by atoms with Crippen molar-refractivity contribution in [2.24, 2.45) is 0 Å². The fourth-order valence-corrected chi connectivity index (χ4v) is 2.41. The minimum atomic E-state index is -0.289. The Balaban J connectivity index is 1.59. The van der Waals surface area contributed by atoms with Crippen molar-refractivity contribution in [3.05, 3.63) is 64.8 Å². The zero-order valence-electron chi connectivity index (χ0n) is 11.3. The van der Waals surface area contributed by atoms with Crippen LogP contribution in [0.4, 0.5) is 4.39 Å². The van der Waals surface area contributed by atoms with Gasteiger partial charge in [-0.2, -0.15) is 0 Å². The summed E-state index contributed by atoms with van der Waals surface area (Å²) in [5.41, 5.74) is 1.31. The zero-order valence-corrected chi connectivity index (χ0v) is 12.0. The van der Waals surface area contributed by atoms with Gasteiger partial charge in [-0.25, -0.2) is 4.39 Å². The van der Waals surface area contributed by atoms with Gasteiger partial charge in [-0.3, -0.25) is 4.40 Å². The first-order valence-corrected chi connectivity index (χ1v) is 7.06. The Bertz CT molecular complexity index is 736. The Morgan fingerprint density at radius 3 is 2.90 bits per heavy atom. The van der Waals surface area contributed by atoms with E-state index in [4.69, 9.17) is 11.6 Å². The second-order valence-electron chi connectivity index (χ2n) is 4.67. The van der Waals surface area contributed by atoms with Gasteiger partial charge in [-0.1, -0.05) is 23.7 Å². The summed E-state index contributed by atoms with van der Waals surface area (Å²) in [4.78, 5) is 0. The molecule has 0 spiro atoms. The van der Waals surface area contributed by atoms with Crippen LogP contribution in [-0.2, 0) is 13.0 Å². The van der Waals surface area contributed by atoms with Gasteiger partial charge < -0.3 is 5.32 Å². The highest BCUT2D eigenvalue weighted by molar-refractivity contribution is 6.31. The van der Waals surface area contributed by atoms with Gasteiger partial charge in [0.05, 0.1) is 0 Å². The van der Waals surface area contributed by atoms with Crippen LogP contribution in [0.3, 0.4) is 0 Å². The highest BCUT2D eigenvalue weighted by Crippen LogP contribution is 2.18. The Morgan fingerprint density at radius 2 is 2.05 bits per heavy atom. The summed E-state index contributed by atoms with van der Waals surface area (Å²) in [6, 6.07) is 10.5. The maximum absolute atomic E-state index is 13.6. The molecule has 2 aromatic heterocycles. The van der Waals surface area contributed by atoms with Crippen molar-refractivity contribution in [3.8, 4) is 0 Å². The van der Waals surface area contributed by atoms with Crippen LogP contribution in [-0.4, -0.2) is 21.1 Å². The molecule has 0 aliphatic carbocycles. The highest BCUT2D eigenvalue weighted by atomic mass is 35.5. The Morgan fingerprint density at radius 1 is 1.14 bits per heavy atom. The number of fused-ring (bicyclic) bond motifs is 1. The minimum Gasteiger partial charge on any atom is -0.312 e. The van der Waals surface area contributed by atoms with E-state index in [1.165, 1.54) is 6.07 Å². The zero-order chi connectivity index (χ0) is 14.7. The Labute approximate surface area is 126 Å². The molecule has 0 amide bonds. The van der Waals surface area contributed by atoms with Crippen LogP contribution in [0, 0.1) is 5.82 Å². The minimum absolute atomic E-state index is 0.289. The molecule has 21 heavy (non-hydrogen) atoms. The fourth-order valence-electron chi connectivity index (χ4n) is 2.18. The molecule has 4 nitrogen and oxygen atoms in total. The molecule has 0 atom stereocenters. The molecule has 0 fully saturated rings. The van der Waals surface area contributed by atoms with Crippen LogP contribution in [0.25, 0.3) is 5.65 Å². The highest BCUT2D eigenvalue weighted by Gasteiger charge is 2.07. The second-order valence-corrected chi connectivity index (χ2v) is 5.08. The van der Waals surface area contributed by atoms with Crippen molar-refractivity contribution < 1.29 is 4.39 Å². The lowest BCUT2D eigenvalue weighted by Gasteiger charge is -2.07.